The molecule has 0 radical (unpaired) electrons. The van der Waals surface area contributed by atoms with Gasteiger partial charge >= 0.3 is 5.97 Å². The van der Waals surface area contributed by atoms with E-state index in [1.165, 1.54) is 0 Å². The molecule has 3 atom stereocenters. The summed E-state index contributed by atoms with van der Waals surface area (Å²) >= 11 is 0. The van der Waals surface area contributed by atoms with Crippen molar-refractivity contribution in [3.05, 3.63) is 34.9 Å². The molecular weight excluding hydrogens is 292 g/mol. The average Bonchev–Trinajstić information content (AvgIpc) is 2.85. The lowest BCUT2D eigenvalue weighted by Crippen LogP contribution is -2.30. The Morgan fingerprint density at radius 1 is 1.43 bits per heavy atom. The molecule has 3 rings (SSSR count). The van der Waals surface area contributed by atoms with Gasteiger partial charge in [0.15, 0.2) is 0 Å². The van der Waals surface area contributed by atoms with Crippen LogP contribution in [-0.2, 0) is 6.42 Å². The molecule has 0 saturated heterocycles. The molecular formula is C19H24O4. The maximum atomic E-state index is 11.7. The number of aromatic carboxylic acids is 1. The van der Waals surface area contributed by atoms with E-state index in [-0.39, 0.29) is 29.3 Å². The van der Waals surface area contributed by atoms with Crippen LogP contribution in [0.15, 0.2) is 18.2 Å². The Morgan fingerprint density at radius 3 is 2.78 bits per heavy atom. The van der Waals surface area contributed by atoms with E-state index in [1.807, 2.05) is 19.9 Å². The zero-order chi connectivity index (χ0) is 16.7. The topological polar surface area (TPSA) is 66.8 Å². The first kappa shape index (κ1) is 15.9. The first-order valence-corrected chi connectivity index (χ1v) is 8.39. The van der Waals surface area contributed by atoms with Crippen LogP contribution in [0.4, 0.5) is 0 Å². The molecule has 0 bridgehead atoms. The lowest BCUT2D eigenvalue weighted by atomic mass is 9.71. The van der Waals surface area contributed by atoms with Gasteiger partial charge in [0, 0.05) is 11.5 Å². The Bertz CT molecular complexity index is 662. The van der Waals surface area contributed by atoms with Crippen molar-refractivity contribution in [1.82, 2.24) is 0 Å². The molecule has 1 fully saturated rings. The molecule has 2 aliphatic rings. The van der Waals surface area contributed by atoms with Crippen molar-refractivity contribution in [3.63, 3.8) is 0 Å². The van der Waals surface area contributed by atoms with Crippen LogP contribution in [0.1, 0.15) is 66.9 Å². The van der Waals surface area contributed by atoms with E-state index < -0.39 is 5.97 Å². The van der Waals surface area contributed by atoms with E-state index in [1.54, 1.807) is 0 Å². The van der Waals surface area contributed by atoms with Crippen LogP contribution in [-0.4, -0.2) is 22.3 Å². The molecule has 1 aliphatic heterocycles. The van der Waals surface area contributed by atoms with E-state index >= 15 is 0 Å². The molecule has 0 amide bonds. The molecule has 1 saturated carbocycles. The number of allylic oxidation sites excluding steroid dienone is 1. The van der Waals surface area contributed by atoms with E-state index in [9.17, 15) is 15.0 Å². The standard InChI is InChI=1S/C19H24O4/c1-4-6-11-9-14-17(18(20)15(11)19(21)22)16-12(10(2)3)7-5-8-13(16)23-14/h9,12-13,16,20H,2,4-8H2,1,3H3,(H,21,22). The predicted octanol–water partition coefficient (Wildman–Crippen LogP) is 4.26. The number of aryl methyl sites for hydroxylation is 1. The number of ether oxygens (including phenoxy) is 1. The second-order valence-corrected chi connectivity index (χ2v) is 6.79. The number of rotatable bonds is 4. The predicted molar refractivity (Wildman–Crippen MR) is 88.4 cm³/mol. The highest BCUT2D eigenvalue weighted by Crippen LogP contribution is 2.54. The molecule has 124 valence electrons. The first-order valence-electron chi connectivity index (χ1n) is 8.39. The summed E-state index contributed by atoms with van der Waals surface area (Å²) in [7, 11) is 0. The highest BCUT2D eigenvalue weighted by atomic mass is 16.5. The Balaban J connectivity index is 2.16. The fourth-order valence-corrected chi connectivity index (χ4v) is 4.23. The third-order valence-corrected chi connectivity index (χ3v) is 5.20. The number of hydrogen-bond acceptors (Lipinski definition) is 3. The molecule has 1 heterocycles. The van der Waals surface area contributed by atoms with Gasteiger partial charge in [-0.2, -0.15) is 0 Å². The second kappa shape index (κ2) is 5.91. The third-order valence-electron chi connectivity index (χ3n) is 5.20. The van der Waals surface area contributed by atoms with Gasteiger partial charge in [0.05, 0.1) is 0 Å². The van der Waals surface area contributed by atoms with Crippen LogP contribution in [0.25, 0.3) is 0 Å². The van der Waals surface area contributed by atoms with E-state index in [2.05, 4.69) is 6.58 Å². The summed E-state index contributed by atoms with van der Waals surface area (Å²) in [6, 6.07) is 1.83. The summed E-state index contributed by atoms with van der Waals surface area (Å²) in [6.07, 6.45) is 4.47. The summed E-state index contributed by atoms with van der Waals surface area (Å²) in [6.45, 7) is 8.09. The molecule has 23 heavy (non-hydrogen) atoms. The molecule has 4 heteroatoms. The highest BCUT2D eigenvalue weighted by Gasteiger charge is 2.45. The zero-order valence-corrected chi connectivity index (χ0v) is 13.8. The van der Waals surface area contributed by atoms with Crippen molar-refractivity contribution < 1.29 is 19.7 Å². The summed E-state index contributed by atoms with van der Waals surface area (Å²) in [5.41, 5.74) is 2.45. The average molecular weight is 316 g/mol. The largest absolute Gasteiger partial charge is 0.507 e. The molecule has 0 spiro atoms. The van der Waals surface area contributed by atoms with Crippen molar-refractivity contribution in [2.75, 3.05) is 0 Å². The number of aromatic hydroxyl groups is 1. The highest BCUT2D eigenvalue weighted by molar-refractivity contribution is 5.94. The number of hydrogen-bond donors (Lipinski definition) is 2. The third kappa shape index (κ3) is 2.50. The summed E-state index contributed by atoms with van der Waals surface area (Å²) in [5, 5.41) is 20.3. The number of benzene rings is 1. The molecule has 2 N–H and O–H groups in total. The Morgan fingerprint density at radius 2 is 2.17 bits per heavy atom. The maximum Gasteiger partial charge on any atom is 0.339 e. The van der Waals surface area contributed by atoms with Crippen molar-refractivity contribution in [1.29, 1.82) is 0 Å². The fraction of sp³-hybridized carbons (Fsp3) is 0.526. The number of fused-ring (bicyclic) bond motifs is 3. The quantitative estimate of drug-likeness (QED) is 0.814. The van der Waals surface area contributed by atoms with Gasteiger partial charge in [0.2, 0.25) is 0 Å². The summed E-state index contributed by atoms with van der Waals surface area (Å²) < 4.78 is 6.10. The van der Waals surface area contributed by atoms with E-state index in [0.717, 1.165) is 31.3 Å². The molecule has 1 aromatic carbocycles. The number of carboxylic acids is 1. The number of carboxylic acid groups (broad SMARTS) is 1. The van der Waals surface area contributed by atoms with Gasteiger partial charge < -0.3 is 14.9 Å². The van der Waals surface area contributed by atoms with Gasteiger partial charge in [-0.25, -0.2) is 4.79 Å². The van der Waals surface area contributed by atoms with Crippen LogP contribution >= 0.6 is 0 Å². The van der Waals surface area contributed by atoms with Crippen molar-refractivity contribution in [2.24, 2.45) is 5.92 Å². The maximum absolute atomic E-state index is 11.7. The first-order chi connectivity index (χ1) is 11.0. The van der Waals surface area contributed by atoms with E-state index in [0.29, 0.717) is 23.3 Å². The minimum atomic E-state index is -1.07. The van der Waals surface area contributed by atoms with Crippen molar-refractivity contribution >= 4 is 5.97 Å². The lowest BCUT2D eigenvalue weighted by Gasteiger charge is -2.33. The number of phenols is 1. The van der Waals surface area contributed by atoms with Gasteiger partial charge in [0.25, 0.3) is 0 Å². The Labute approximate surface area is 136 Å². The Kier molecular flexibility index (Phi) is 4.09. The van der Waals surface area contributed by atoms with Crippen molar-refractivity contribution in [2.45, 2.75) is 58.0 Å². The molecule has 3 unspecified atom stereocenters. The van der Waals surface area contributed by atoms with Gasteiger partial charge in [-0.3, -0.25) is 0 Å². The Hall–Kier alpha value is -1.97. The molecule has 4 nitrogen and oxygen atoms in total. The lowest BCUT2D eigenvalue weighted by molar-refractivity contribution is 0.0692. The van der Waals surface area contributed by atoms with Crippen LogP contribution in [0.3, 0.4) is 0 Å². The van der Waals surface area contributed by atoms with Crippen LogP contribution in [0.2, 0.25) is 0 Å². The van der Waals surface area contributed by atoms with Gasteiger partial charge in [-0.1, -0.05) is 25.5 Å². The van der Waals surface area contributed by atoms with Crippen LogP contribution < -0.4 is 4.74 Å². The van der Waals surface area contributed by atoms with Crippen LogP contribution in [0, 0.1) is 5.92 Å². The molecule has 0 aromatic heterocycles. The molecule has 1 aromatic rings. The SMILES string of the molecule is C=C(C)C1CCCC2Oc3cc(CCC)c(C(=O)O)c(O)c3C21. The minimum Gasteiger partial charge on any atom is -0.507 e. The van der Waals surface area contributed by atoms with Crippen LogP contribution in [0.5, 0.6) is 11.5 Å². The number of carbonyl (C=O) groups is 1. The second-order valence-electron chi connectivity index (χ2n) is 6.79. The van der Waals surface area contributed by atoms with Crippen molar-refractivity contribution in [3.8, 4) is 11.5 Å². The normalized spacial score (nSPS) is 25.4. The smallest absolute Gasteiger partial charge is 0.339 e. The van der Waals surface area contributed by atoms with E-state index in [4.69, 9.17) is 4.74 Å². The summed E-state index contributed by atoms with van der Waals surface area (Å²) in [4.78, 5) is 11.7. The zero-order valence-electron chi connectivity index (χ0n) is 13.8. The summed E-state index contributed by atoms with van der Waals surface area (Å²) in [5.74, 6) is -0.248. The van der Waals surface area contributed by atoms with Gasteiger partial charge in [0.1, 0.15) is 23.2 Å². The minimum absolute atomic E-state index is 0.0184. The fourth-order valence-electron chi connectivity index (χ4n) is 4.23. The van der Waals surface area contributed by atoms with Gasteiger partial charge in [-0.15, -0.1) is 0 Å². The monoisotopic (exact) mass is 316 g/mol. The van der Waals surface area contributed by atoms with Gasteiger partial charge in [-0.05, 0) is 50.2 Å². The molecule has 1 aliphatic carbocycles.